The summed E-state index contributed by atoms with van der Waals surface area (Å²) >= 11 is 6.06. The van der Waals surface area contributed by atoms with E-state index in [1.165, 1.54) is 0 Å². The third-order valence-corrected chi connectivity index (χ3v) is 3.70. The lowest BCUT2D eigenvalue weighted by Gasteiger charge is -2.13. The predicted octanol–water partition coefficient (Wildman–Crippen LogP) is 3.42. The maximum atomic E-state index is 12.4. The van der Waals surface area contributed by atoms with Crippen LogP contribution < -0.4 is 5.32 Å². The molecule has 0 saturated heterocycles. The lowest BCUT2D eigenvalue weighted by Crippen LogP contribution is -2.26. The number of ether oxygens (including phenoxy) is 1. The van der Waals surface area contributed by atoms with Crippen molar-refractivity contribution in [3.63, 3.8) is 0 Å². The largest absolute Gasteiger partial charge is 0.385 e. The van der Waals surface area contributed by atoms with Crippen LogP contribution in [-0.2, 0) is 4.74 Å². The van der Waals surface area contributed by atoms with Crippen LogP contribution in [0.4, 0.5) is 0 Å². The highest BCUT2D eigenvalue weighted by atomic mass is 35.5. The molecule has 0 fully saturated rings. The van der Waals surface area contributed by atoms with Crippen LogP contribution in [0.1, 0.15) is 42.2 Å². The number of aromatic nitrogens is 2. The molecular weight excluding hydrogens is 314 g/mol. The van der Waals surface area contributed by atoms with Gasteiger partial charge in [-0.1, -0.05) is 31.5 Å². The maximum Gasteiger partial charge on any atom is 0.254 e. The van der Waals surface area contributed by atoms with E-state index >= 15 is 0 Å². The fourth-order valence-corrected chi connectivity index (χ4v) is 2.60. The van der Waals surface area contributed by atoms with Gasteiger partial charge in [-0.2, -0.15) is 5.10 Å². The van der Waals surface area contributed by atoms with E-state index in [-0.39, 0.29) is 11.8 Å². The summed E-state index contributed by atoms with van der Waals surface area (Å²) < 4.78 is 6.76. The predicted molar refractivity (Wildman–Crippen MR) is 91.5 cm³/mol. The van der Waals surface area contributed by atoms with Gasteiger partial charge in [-0.25, -0.2) is 4.68 Å². The fourth-order valence-electron chi connectivity index (χ4n) is 2.42. The summed E-state index contributed by atoms with van der Waals surface area (Å²) in [6.45, 7) is 5.28. The van der Waals surface area contributed by atoms with Gasteiger partial charge in [0.25, 0.3) is 5.91 Å². The van der Waals surface area contributed by atoms with Gasteiger partial charge in [0.2, 0.25) is 0 Å². The second-order valence-corrected chi connectivity index (χ2v) is 6.03. The Kier molecular flexibility index (Phi) is 6.19. The summed E-state index contributed by atoms with van der Waals surface area (Å²) in [5.74, 6) is 0.0364. The quantitative estimate of drug-likeness (QED) is 0.789. The van der Waals surface area contributed by atoms with Crippen LogP contribution >= 0.6 is 11.6 Å². The minimum absolute atomic E-state index is 0.113. The SMILES string of the molecule is COCCCNC(=O)c1cnn(-c2cccc(Cl)c2)c1C(C)C. The molecule has 0 aliphatic heterocycles. The lowest BCUT2D eigenvalue weighted by molar-refractivity contribution is 0.0947. The topological polar surface area (TPSA) is 56.1 Å². The summed E-state index contributed by atoms with van der Waals surface area (Å²) in [5, 5.41) is 7.93. The van der Waals surface area contributed by atoms with Crippen LogP contribution in [0.15, 0.2) is 30.5 Å². The van der Waals surface area contributed by atoms with Gasteiger partial charge in [0.1, 0.15) is 0 Å². The highest BCUT2D eigenvalue weighted by Crippen LogP contribution is 2.24. The minimum atomic E-state index is -0.113. The van der Waals surface area contributed by atoms with Crippen molar-refractivity contribution in [1.29, 1.82) is 0 Å². The number of methoxy groups -OCH3 is 1. The number of carbonyl (C=O) groups excluding carboxylic acids is 1. The Morgan fingerprint density at radius 3 is 2.87 bits per heavy atom. The molecule has 2 rings (SSSR count). The number of hydrogen-bond donors (Lipinski definition) is 1. The standard InChI is InChI=1S/C17H22ClN3O2/c1-12(2)16-15(17(22)19-8-5-9-23-3)11-20-21(16)14-7-4-6-13(18)10-14/h4,6-7,10-12H,5,8-9H2,1-3H3,(H,19,22). The first-order valence-corrected chi connectivity index (χ1v) is 8.03. The lowest BCUT2D eigenvalue weighted by atomic mass is 10.0. The number of nitrogens with zero attached hydrogens (tertiary/aromatic N) is 2. The van der Waals surface area contributed by atoms with Crippen molar-refractivity contribution in [2.75, 3.05) is 20.3 Å². The molecule has 0 aliphatic carbocycles. The average molecular weight is 336 g/mol. The molecule has 0 radical (unpaired) electrons. The number of amides is 1. The Bertz CT molecular complexity index is 668. The first kappa shape index (κ1) is 17.5. The zero-order chi connectivity index (χ0) is 16.8. The van der Waals surface area contributed by atoms with E-state index in [4.69, 9.17) is 16.3 Å². The van der Waals surface area contributed by atoms with E-state index in [2.05, 4.69) is 10.4 Å². The smallest absolute Gasteiger partial charge is 0.254 e. The van der Waals surface area contributed by atoms with Gasteiger partial charge in [-0.05, 0) is 30.5 Å². The third kappa shape index (κ3) is 4.33. The summed E-state index contributed by atoms with van der Waals surface area (Å²) in [5.41, 5.74) is 2.31. The fraction of sp³-hybridized carbons (Fsp3) is 0.412. The molecule has 0 aliphatic rings. The molecule has 0 spiro atoms. The van der Waals surface area contributed by atoms with Crippen LogP contribution in [0.5, 0.6) is 0 Å². The van der Waals surface area contributed by atoms with Gasteiger partial charge < -0.3 is 10.1 Å². The monoisotopic (exact) mass is 335 g/mol. The molecule has 1 aromatic carbocycles. The van der Waals surface area contributed by atoms with Gasteiger partial charge in [0, 0.05) is 25.3 Å². The van der Waals surface area contributed by atoms with Crippen LogP contribution in [0.2, 0.25) is 5.02 Å². The molecule has 0 unspecified atom stereocenters. The second kappa shape index (κ2) is 8.13. The number of halogens is 1. The van der Waals surface area contributed by atoms with Crippen LogP contribution in [0.25, 0.3) is 5.69 Å². The molecule has 1 heterocycles. The van der Waals surface area contributed by atoms with Crippen LogP contribution in [0, 0.1) is 0 Å². The molecule has 124 valence electrons. The van der Waals surface area contributed by atoms with Crippen molar-refractivity contribution < 1.29 is 9.53 Å². The molecular formula is C17H22ClN3O2. The summed E-state index contributed by atoms with van der Waals surface area (Å²) in [6, 6.07) is 7.44. The molecule has 23 heavy (non-hydrogen) atoms. The van der Waals surface area contributed by atoms with Gasteiger partial charge in [-0.3, -0.25) is 4.79 Å². The third-order valence-electron chi connectivity index (χ3n) is 3.46. The Labute approximate surface area is 141 Å². The Balaban J connectivity index is 2.26. The molecule has 1 amide bonds. The zero-order valence-corrected chi connectivity index (χ0v) is 14.4. The van der Waals surface area contributed by atoms with Crippen LogP contribution in [0.3, 0.4) is 0 Å². The normalized spacial score (nSPS) is 11.0. The molecule has 0 atom stereocenters. The number of nitrogens with one attached hydrogen (secondary N) is 1. The number of carbonyl (C=O) groups is 1. The number of benzene rings is 1. The van der Waals surface area contributed by atoms with E-state index < -0.39 is 0 Å². The highest BCUT2D eigenvalue weighted by molar-refractivity contribution is 6.30. The Morgan fingerprint density at radius 1 is 1.43 bits per heavy atom. The van der Waals surface area contributed by atoms with Crippen molar-refractivity contribution >= 4 is 17.5 Å². The molecule has 2 aromatic rings. The number of hydrogen-bond acceptors (Lipinski definition) is 3. The first-order valence-electron chi connectivity index (χ1n) is 7.65. The zero-order valence-electron chi connectivity index (χ0n) is 13.7. The molecule has 5 nitrogen and oxygen atoms in total. The average Bonchev–Trinajstić information content (AvgIpc) is 2.96. The summed E-state index contributed by atoms with van der Waals surface area (Å²) in [6.07, 6.45) is 2.39. The first-order chi connectivity index (χ1) is 11.0. The molecule has 1 aromatic heterocycles. The Hall–Kier alpha value is -1.85. The van der Waals surface area contributed by atoms with Crippen molar-refractivity contribution in [1.82, 2.24) is 15.1 Å². The van der Waals surface area contributed by atoms with E-state index in [1.807, 2.05) is 38.1 Å². The van der Waals surface area contributed by atoms with E-state index in [1.54, 1.807) is 18.0 Å². The summed E-state index contributed by atoms with van der Waals surface area (Å²) in [4.78, 5) is 12.4. The van der Waals surface area contributed by atoms with Gasteiger partial charge in [-0.15, -0.1) is 0 Å². The summed E-state index contributed by atoms with van der Waals surface area (Å²) in [7, 11) is 1.65. The highest BCUT2D eigenvalue weighted by Gasteiger charge is 2.20. The van der Waals surface area contributed by atoms with Crippen molar-refractivity contribution in [2.45, 2.75) is 26.2 Å². The number of rotatable bonds is 7. The van der Waals surface area contributed by atoms with Crippen molar-refractivity contribution in [3.05, 3.63) is 46.7 Å². The van der Waals surface area contributed by atoms with Gasteiger partial charge >= 0.3 is 0 Å². The van der Waals surface area contributed by atoms with Crippen LogP contribution in [-0.4, -0.2) is 35.9 Å². The maximum absolute atomic E-state index is 12.4. The van der Waals surface area contributed by atoms with Gasteiger partial charge in [0.05, 0.1) is 23.1 Å². The van der Waals surface area contributed by atoms with E-state index in [9.17, 15) is 4.79 Å². The molecule has 1 N–H and O–H groups in total. The molecule has 0 bridgehead atoms. The molecule has 0 saturated carbocycles. The van der Waals surface area contributed by atoms with E-state index in [0.29, 0.717) is 23.7 Å². The molecule has 6 heteroatoms. The minimum Gasteiger partial charge on any atom is -0.385 e. The van der Waals surface area contributed by atoms with Crippen molar-refractivity contribution in [2.24, 2.45) is 0 Å². The second-order valence-electron chi connectivity index (χ2n) is 5.59. The van der Waals surface area contributed by atoms with Gasteiger partial charge in [0.15, 0.2) is 0 Å². The van der Waals surface area contributed by atoms with E-state index in [0.717, 1.165) is 17.8 Å². The van der Waals surface area contributed by atoms with Crippen molar-refractivity contribution in [3.8, 4) is 5.69 Å². The Morgan fingerprint density at radius 2 is 2.22 bits per heavy atom.